The molecule has 1 aromatic carbocycles. The molecular weight excluding hydrogens is 317 g/mol. The first kappa shape index (κ1) is 13.7. The van der Waals surface area contributed by atoms with Crippen LogP contribution in [0.3, 0.4) is 0 Å². The first-order chi connectivity index (χ1) is 10.0. The molecule has 5 nitrogen and oxygen atoms in total. The molecule has 2 heterocycles. The van der Waals surface area contributed by atoms with Crippen LogP contribution in [0, 0.1) is 5.82 Å². The largest absolute Gasteiger partial charge is 0.493 e. The van der Waals surface area contributed by atoms with Crippen molar-refractivity contribution in [3.8, 4) is 27.8 Å². The number of thiazole rings is 1. The number of nitrogens with one attached hydrogen (secondary N) is 1. The molecule has 2 N–H and O–H groups in total. The summed E-state index contributed by atoms with van der Waals surface area (Å²) in [5, 5.41) is 10.4. The Labute approximate surface area is 126 Å². The standard InChI is InChI=1S/C13H7ClFN3O2S/c14-8-5-16-13(21-8)10-17-11(19)9(12(20)18-10)6-1-3-7(15)4-2-6/h1-5H,(H2,17,18,19,20). The van der Waals surface area contributed by atoms with Gasteiger partial charge in [-0.25, -0.2) is 9.37 Å². The van der Waals surface area contributed by atoms with E-state index in [2.05, 4.69) is 15.0 Å². The maximum Gasteiger partial charge on any atom is 0.263 e. The number of aromatic hydroxyl groups is 1. The van der Waals surface area contributed by atoms with Gasteiger partial charge in [0.1, 0.15) is 15.7 Å². The third kappa shape index (κ3) is 2.65. The van der Waals surface area contributed by atoms with Crippen LogP contribution >= 0.6 is 22.9 Å². The third-order valence-electron chi connectivity index (χ3n) is 2.71. The average Bonchev–Trinajstić information content (AvgIpc) is 2.87. The van der Waals surface area contributed by atoms with Crippen LogP contribution in [-0.2, 0) is 0 Å². The number of aromatic nitrogens is 3. The van der Waals surface area contributed by atoms with Crippen LogP contribution in [0.15, 0.2) is 35.3 Å². The first-order valence-corrected chi connectivity index (χ1v) is 6.95. The van der Waals surface area contributed by atoms with Crippen molar-refractivity contribution >= 4 is 22.9 Å². The molecule has 0 bridgehead atoms. The number of aromatic amines is 1. The Morgan fingerprint density at radius 2 is 2.00 bits per heavy atom. The van der Waals surface area contributed by atoms with Crippen molar-refractivity contribution in [2.75, 3.05) is 0 Å². The number of hydrogen-bond acceptors (Lipinski definition) is 5. The summed E-state index contributed by atoms with van der Waals surface area (Å²) in [4.78, 5) is 22.5. The number of rotatable bonds is 2. The molecule has 106 valence electrons. The summed E-state index contributed by atoms with van der Waals surface area (Å²) in [5.41, 5.74) is -0.205. The van der Waals surface area contributed by atoms with E-state index in [4.69, 9.17) is 11.6 Å². The van der Waals surface area contributed by atoms with Gasteiger partial charge in [0.05, 0.1) is 6.20 Å². The number of H-pyrrole nitrogens is 1. The van der Waals surface area contributed by atoms with E-state index < -0.39 is 17.3 Å². The van der Waals surface area contributed by atoms with Crippen LogP contribution in [0.25, 0.3) is 22.0 Å². The van der Waals surface area contributed by atoms with E-state index in [1.54, 1.807) is 0 Å². The van der Waals surface area contributed by atoms with Gasteiger partial charge in [-0.15, -0.1) is 0 Å². The zero-order chi connectivity index (χ0) is 15.0. The summed E-state index contributed by atoms with van der Waals surface area (Å²) in [6, 6.07) is 5.17. The highest BCUT2D eigenvalue weighted by Gasteiger charge is 2.15. The van der Waals surface area contributed by atoms with Crippen LogP contribution in [-0.4, -0.2) is 20.1 Å². The molecule has 0 saturated carbocycles. The van der Waals surface area contributed by atoms with Gasteiger partial charge >= 0.3 is 0 Å². The Hall–Kier alpha value is -2.25. The molecular formula is C13H7ClFN3O2S. The highest BCUT2D eigenvalue weighted by atomic mass is 35.5. The summed E-state index contributed by atoms with van der Waals surface area (Å²) in [5.74, 6) is -0.761. The summed E-state index contributed by atoms with van der Waals surface area (Å²) >= 11 is 6.89. The second-order valence-electron chi connectivity index (χ2n) is 4.09. The van der Waals surface area contributed by atoms with Crippen LogP contribution < -0.4 is 5.56 Å². The fourth-order valence-electron chi connectivity index (χ4n) is 1.80. The second kappa shape index (κ2) is 5.27. The monoisotopic (exact) mass is 323 g/mol. The van der Waals surface area contributed by atoms with E-state index >= 15 is 0 Å². The molecule has 0 spiro atoms. The van der Waals surface area contributed by atoms with Crippen LogP contribution in [0.5, 0.6) is 5.88 Å². The number of benzene rings is 1. The van der Waals surface area contributed by atoms with E-state index in [1.165, 1.54) is 30.5 Å². The van der Waals surface area contributed by atoms with Crippen LogP contribution in [0.1, 0.15) is 0 Å². The summed E-state index contributed by atoms with van der Waals surface area (Å²) in [6.07, 6.45) is 1.42. The van der Waals surface area contributed by atoms with Crippen molar-refractivity contribution in [3.05, 3.63) is 51.0 Å². The molecule has 2 aromatic heterocycles. The fraction of sp³-hybridized carbons (Fsp3) is 0. The van der Waals surface area contributed by atoms with Crippen molar-refractivity contribution in [2.24, 2.45) is 0 Å². The fourth-order valence-corrected chi connectivity index (χ4v) is 2.66. The Morgan fingerprint density at radius 1 is 1.29 bits per heavy atom. The highest BCUT2D eigenvalue weighted by molar-refractivity contribution is 7.18. The number of hydrogen-bond donors (Lipinski definition) is 2. The lowest BCUT2D eigenvalue weighted by Crippen LogP contribution is -2.12. The van der Waals surface area contributed by atoms with Crippen LogP contribution in [0.4, 0.5) is 4.39 Å². The predicted octanol–water partition coefficient (Wildman–Crippen LogP) is 3.06. The first-order valence-electron chi connectivity index (χ1n) is 5.75. The molecule has 0 fully saturated rings. The zero-order valence-corrected chi connectivity index (χ0v) is 11.9. The smallest absolute Gasteiger partial charge is 0.263 e. The summed E-state index contributed by atoms with van der Waals surface area (Å²) < 4.78 is 13.3. The van der Waals surface area contributed by atoms with E-state index in [-0.39, 0.29) is 11.4 Å². The molecule has 21 heavy (non-hydrogen) atoms. The van der Waals surface area contributed by atoms with Gasteiger partial charge in [-0.3, -0.25) is 4.79 Å². The summed E-state index contributed by atoms with van der Waals surface area (Å²) in [7, 11) is 0. The molecule has 8 heteroatoms. The van der Waals surface area contributed by atoms with E-state index in [0.717, 1.165) is 11.3 Å². The average molecular weight is 324 g/mol. The topological polar surface area (TPSA) is 78.9 Å². The highest BCUT2D eigenvalue weighted by Crippen LogP contribution is 2.29. The van der Waals surface area contributed by atoms with Gasteiger partial charge in [-0.1, -0.05) is 35.1 Å². The molecule has 3 rings (SSSR count). The van der Waals surface area contributed by atoms with E-state index in [1.807, 2.05) is 0 Å². The summed E-state index contributed by atoms with van der Waals surface area (Å²) in [6.45, 7) is 0. The van der Waals surface area contributed by atoms with E-state index in [9.17, 15) is 14.3 Å². The van der Waals surface area contributed by atoms with Crippen molar-refractivity contribution in [1.29, 1.82) is 0 Å². The molecule has 0 aliphatic heterocycles. The van der Waals surface area contributed by atoms with Crippen molar-refractivity contribution in [3.63, 3.8) is 0 Å². The van der Waals surface area contributed by atoms with Gasteiger partial charge in [0.15, 0.2) is 10.8 Å². The second-order valence-corrected chi connectivity index (χ2v) is 5.75. The molecule has 0 radical (unpaired) electrons. The molecule has 0 aliphatic rings. The molecule has 0 atom stereocenters. The van der Waals surface area contributed by atoms with E-state index in [0.29, 0.717) is 14.9 Å². The third-order valence-corrected chi connectivity index (χ3v) is 3.83. The minimum atomic E-state index is -0.546. The number of halogens is 2. The lowest BCUT2D eigenvalue weighted by atomic mass is 10.1. The maximum atomic E-state index is 12.9. The van der Waals surface area contributed by atoms with Crippen molar-refractivity contribution in [1.82, 2.24) is 15.0 Å². The lowest BCUT2D eigenvalue weighted by Gasteiger charge is -2.04. The number of nitrogens with zero attached hydrogens (tertiary/aromatic N) is 2. The Bertz CT molecular complexity index is 861. The molecule has 0 amide bonds. The van der Waals surface area contributed by atoms with Gasteiger partial charge in [0.25, 0.3) is 5.56 Å². The van der Waals surface area contributed by atoms with Gasteiger partial charge in [0.2, 0.25) is 5.88 Å². The van der Waals surface area contributed by atoms with Gasteiger partial charge in [0, 0.05) is 0 Å². The van der Waals surface area contributed by atoms with Gasteiger partial charge in [-0.2, -0.15) is 4.98 Å². The zero-order valence-electron chi connectivity index (χ0n) is 10.3. The van der Waals surface area contributed by atoms with Crippen LogP contribution in [0.2, 0.25) is 4.34 Å². The quantitative estimate of drug-likeness (QED) is 0.759. The van der Waals surface area contributed by atoms with Crippen molar-refractivity contribution in [2.45, 2.75) is 0 Å². The Balaban J connectivity index is 2.12. The predicted molar refractivity (Wildman–Crippen MR) is 78.0 cm³/mol. The maximum absolute atomic E-state index is 12.9. The van der Waals surface area contributed by atoms with Crippen molar-refractivity contribution < 1.29 is 9.50 Å². The SMILES string of the molecule is O=c1[nH]c(-c2ncc(Cl)s2)nc(O)c1-c1ccc(F)cc1. The Morgan fingerprint density at radius 3 is 2.57 bits per heavy atom. The molecule has 0 saturated heterocycles. The van der Waals surface area contributed by atoms with Gasteiger partial charge in [-0.05, 0) is 17.7 Å². The minimum Gasteiger partial charge on any atom is -0.493 e. The Kier molecular flexibility index (Phi) is 3.44. The normalized spacial score (nSPS) is 10.8. The van der Waals surface area contributed by atoms with Gasteiger partial charge < -0.3 is 10.1 Å². The minimum absolute atomic E-state index is 0.0265. The molecule has 0 aliphatic carbocycles. The molecule has 0 unspecified atom stereocenters. The molecule has 3 aromatic rings. The lowest BCUT2D eigenvalue weighted by molar-refractivity contribution is 0.454.